The van der Waals surface area contributed by atoms with Crippen molar-refractivity contribution in [3.8, 4) is 0 Å². The van der Waals surface area contributed by atoms with Crippen LogP contribution in [0.2, 0.25) is 0 Å². The number of ether oxygens (including phenoxy) is 2. The van der Waals surface area contributed by atoms with E-state index in [0.29, 0.717) is 0 Å². The van der Waals surface area contributed by atoms with Gasteiger partial charge >= 0.3 is 0 Å². The quantitative estimate of drug-likeness (QED) is 0.685. The normalized spacial score (nSPS) is 18.6. The van der Waals surface area contributed by atoms with Gasteiger partial charge in [-0.15, -0.1) is 0 Å². The Morgan fingerprint density at radius 1 is 0.500 bits per heavy atom. The van der Waals surface area contributed by atoms with Gasteiger partial charge in [-0.1, -0.05) is 41.5 Å². The molecule has 0 atom stereocenters. The highest BCUT2D eigenvalue weighted by molar-refractivity contribution is 4.54. The number of morpholine rings is 2. The van der Waals surface area contributed by atoms with Gasteiger partial charge in [0.25, 0.3) is 0 Å². The third kappa shape index (κ3) is 20.2. The standard InChI is InChI=1S/2C5H11NO.3C2H6/c2*1-6-2-4-7-5-3-6;3*1-2/h2*2-5H2,1H3;3*1-2H3. The molecule has 0 radical (unpaired) electrons. The van der Waals surface area contributed by atoms with Crippen molar-refractivity contribution >= 4 is 0 Å². The highest BCUT2D eigenvalue weighted by Crippen LogP contribution is 1.90. The van der Waals surface area contributed by atoms with Crippen LogP contribution >= 0.6 is 0 Å². The maximum Gasteiger partial charge on any atom is 0.0594 e. The molecule has 0 amide bonds. The Morgan fingerprint density at radius 2 is 0.700 bits per heavy atom. The molecule has 0 spiro atoms. The predicted octanol–water partition coefficient (Wildman–Crippen LogP) is 2.98. The Balaban J connectivity index is -0.000000211. The van der Waals surface area contributed by atoms with Gasteiger partial charge in [0.15, 0.2) is 0 Å². The molecule has 0 saturated carbocycles. The topological polar surface area (TPSA) is 24.9 Å². The number of hydrogen-bond acceptors (Lipinski definition) is 4. The van der Waals surface area contributed by atoms with Crippen LogP contribution in [0.5, 0.6) is 0 Å². The monoisotopic (exact) mass is 292 g/mol. The van der Waals surface area contributed by atoms with Gasteiger partial charge in [-0.2, -0.15) is 0 Å². The maximum atomic E-state index is 5.10. The van der Waals surface area contributed by atoms with Gasteiger partial charge in [0.05, 0.1) is 26.4 Å². The predicted molar refractivity (Wildman–Crippen MR) is 90.7 cm³/mol. The van der Waals surface area contributed by atoms with Crippen LogP contribution in [0.4, 0.5) is 0 Å². The van der Waals surface area contributed by atoms with E-state index in [1.165, 1.54) is 0 Å². The molecule has 0 aromatic heterocycles. The summed E-state index contributed by atoms with van der Waals surface area (Å²) < 4.78 is 10.2. The molecule has 2 rings (SSSR count). The number of likely N-dealkylation sites (N-methyl/N-ethyl adjacent to an activating group) is 2. The minimum Gasteiger partial charge on any atom is -0.379 e. The summed E-state index contributed by atoms with van der Waals surface area (Å²) in [5.41, 5.74) is 0. The Kier molecular flexibility index (Phi) is 29.7. The van der Waals surface area contributed by atoms with Crippen LogP contribution in [0.15, 0.2) is 0 Å². The van der Waals surface area contributed by atoms with E-state index in [4.69, 9.17) is 9.47 Å². The van der Waals surface area contributed by atoms with Gasteiger partial charge in [-0.25, -0.2) is 0 Å². The third-order valence-electron chi connectivity index (χ3n) is 2.47. The van der Waals surface area contributed by atoms with Crippen molar-refractivity contribution in [2.24, 2.45) is 0 Å². The van der Waals surface area contributed by atoms with Crippen molar-refractivity contribution in [3.63, 3.8) is 0 Å². The first kappa shape index (κ1) is 24.8. The molecule has 2 aliphatic heterocycles. The molecule has 0 bridgehead atoms. The lowest BCUT2D eigenvalue weighted by molar-refractivity contribution is 0.0502. The van der Waals surface area contributed by atoms with Crippen LogP contribution in [0.3, 0.4) is 0 Å². The van der Waals surface area contributed by atoms with Crippen molar-refractivity contribution in [2.45, 2.75) is 41.5 Å². The lowest BCUT2D eigenvalue weighted by Crippen LogP contribution is -2.32. The summed E-state index contributed by atoms with van der Waals surface area (Å²) in [4.78, 5) is 4.53. The summed E-state index contributed by atoms with van der Waals surface area (Å²) in [5.74, 6) is 0. The third-order valence-corrected chi connectivity index (χ3v) is 2.47. The number of hydrogen-bond donors (Lipinski definition) is 0. The van der Waals surface area contributed by atoms with E-state index in [-0.39, 0.29) is 0 Å². The van der Waals surface area contributed by atoms with Crippen molar-refractivity contribution in [2.75, 3.05) is 66.7 Å². The van der Waals surface area contributed by atoms with E-state index < -0.39 is 0 Å². The van der Waals surface area contributed by atoms with Crippen LogP contribution in [0, 0.1) is 0 Å². The summed E-state index contributed by atoms with van der Waals surface area (Å²) in [6.45, 7) is 20.0. The van der Waals surface area contributed by atoms with Gasteiger partial charge in [-0.05, 0) is 14.1 Å². The second-order valence-electron chi connectivity index (χ2n) is 3.83. The zero-order valence-electron chi connectivity index (χ0n) is 15.4. The van der Waals surface area contributed by atoms with Crippen molar-refractivity contribution < 1.29 is 9.47 Å². The molecule has 20 heavy (non-hydrogen) atoms. The summed E-state index contributed by atoms with van der Waals surface area (Å²) in [5, 5.41) is 0. The zero-order chi connectivity index (χ0) is 16.2. The minimum atomic E-state index is 0.913. The summed E-state index contributed by atoms with van der Waals surface area (Å²) in [6, 6.07) is 0. The van der Waals surface area contributed by atoms with Gasteiger partial charge in [0, 0.05) is 26.2 Å². The van der Waals surface area contributed by atoms with Crippen LogP contribution in [-0.2, 0) is 9.47 Å². The second kappa shape index (κ2) is 23.9. The first-order chi connectivity index (χ1) is 9.79. The van der Waals surface area contributed by atoms with Crippen molar-refractivity contribution in [1.29, 1.82) is 0 Å². The molecule has 2 aliphatic rings. The lowest BCUT2D eigenvalue weighted by Gasteiger charge is -2.21. The molecule has 0 aromatic rings. The Bertz CT molecular complexity index is 118. The first-order valence-corrected chi connectivity index (χ1v) is 8.31. The van der Waals surface area contributed by atoms with Crippen molar-refractivity contribution in [3.05, 3.63) is 0 Å². The van der Waals surface area contributed by atoms with Crippen LogP contribution in [-0.4, -0.2) is 76.5 Å². The molecule has 4 nitrogen and oxygen atoms in total. The molecule has 4 heteroatoms. The minimum absolute atomic E-state index is 0.913. The average Bonchev–Trinajstić information content (AvgIpc) is 2.55. The summed E-state index contributed by atoms with van der Waals surface area (Å²) in [7, 11) is 4.23. The molecule has 2 heterocycles. The van der Waals surface area contributed by atoms with Crippen LogP contribution in [0.25, 0.3) is 0 Å². The first-order valence-electron chi connectivity index (χ1n) is 8.31. The molecule has 126 valence electrons. The molecule has 0 aromatic carbocycles. The zero-order valence-corrected chi connectivity index (χ0v) is 15.4. The Morgan fingerprint density at radius 3 is 0.800 bits per heavy atom. The Labute approximate surface area is 128 Å². The highest BCUT2D eigenvalue weighted by Gasteiger charge is 2.02. The molecule has 2 fully saturated rings. The Hall–Kier alpha value is -0.160. The van der Waals surface area contributed by atoms with Crippen LogP contribution in [0.1, 0.15) is 41.5 Å². The summed E-state index contributed by atoms with van der Waals surface area (Å²) in [6.07, 6.45) is 0. The lowest BCUT2D eigenvalue weighted by atomic mass is 10.5. The van der Waals surface area contributed by atoms with E-state index in [2.05, 4.69) is 23.9 Å². The molecule has 0 unspecified atom stereocenters. The molecule has 0 aliphatic carbocycles. The molecular weight excluding hydrogens is 252 g/mol. The fraction of sp³-hybridized carbons (Fsp3) is 1.00. The van der Waals surface area contributed by atoms with E-state index in [1.807, 2.05) is 41.5 Å². The SMILES string of the molecule is CC.CC.CC.CN1CCOCC1.CN1CCOCC1. The molecular formula is C16H40N2O2. The van der Waals surface area contributed by atoms with Gasteiger partial charge < -0.3 is 19.3 Å². The number of rotatable bonds is 0. The van der Waals surface area contributed by atoms with Crippen molar-refractivity contribution in [1.82, 2.24) is 9.80 Å². The maximum absolute atomic E-state index is 5.10. The van der Waals surface area contributed by atoms with E-state index >= 15 is 0 Å². The second-order valence-corrected chi connectivity index (χ2v) is 3.83. The molecule has 0 N–H and O–H groups in total. The summed E-state index contributed by atoms with van der Waals surface area (Å²) >= 11 is 0. The van der Waals surface area contributed by atoms with E-state index in [0.717, 1.165) is 52.6 Å². The smallest absolute Gasteiger partial charge is 0.0594 e. The highest BCUT2D eigenvalue weighted by atomic mass is 16.5. The fourth-order valence-electron chi connectivity index (χ4n) is 1.31. The van der Waals surface area contributed by atoms with E-state index in [9.17, 15) is 0 Å². The van der Waals surface area contributed by atoms with Crippen LogP contribution < -0.4 is 0 Å². The van der Waals surface area contributed by atoms with E-state index in [1.54, 1.807) is 0 Å². The largest absolute Gasteiger partial charge is 0.379 e. The fourth-order valence-corrected chi connectivity index (χ4v) is 1.31. The average molecular weight is 293 g/mol. The van der Waals surface area contributed by atoms with Gasteiger partial charge in [-0.3, -0.25) is 0 Å². The van der Waals surface area contributed by atoms with Gasteiger partial charge in [0.1, 0.15) is 0 Å². The molecule has 2 saturated heterocycles. The van der Waals surface area contributed by atoms with Gasteiger partial charge in [0.2, 0.25) is 0 Å². The number of nitrogens with zero attached hydrogens (tertiary/aromatic N) is 2.